The highest BCUT2D eigenvalue weighted by molar-refractivity contribution is 9.10. The molecule has 2 aromatic rings. The van der Waals surface area contributed by atoms with Crippen LogP contribution in [-0.4, -0.2) is 20.3 Å². The Morgan fingerprint density at radius 1 is 0.955 bits per heavy atom. The molecule has 0 bridgehead atoms. The number of rotatable bonds is 4. The van der Waals surface area contributed by atoms with Crippen molar-refractivity contribution in [2.75, 3.05) is 24.9 Å². The molecule has 116 valence electrons. The van der Waals surface area contributed by atoms with Gasteiger partial charge < -0.3 is 20.1 Å². The van der Waals surface area contributed by atoms with E-state index in [9.17, 15) is 4.79 Å². The molecular formula is C16H17BrN2O3. The molecule has 0 heterocycles. The Hall–Kier alpha value is -2.21. The Morgan fingerprint density at radius 2 is 1.55 bits per heavy atom. The van der Waals surface area contributed by atoms with Gasteiger partial charge in [-0.1, -0.05) is 15.9 Å². The summed E-state index contributed by atoms with van der Waals surface area (Å²) in [5.74, 6) is 1.16. The van der Waals surface area contributed by atoms with Gasteiger partial charge in [0.05, 0.1) is 14.2 Å². The van der Waals surface area contributed by atoms with E-state index in [-0.39, 0.29) is 6.03 Å². The number of amides is 2. The lowest BCUT2D eigenvalue weighted by Gasteiger charge is -2.11. The maximum absolute atomic E-state index is 12.0. The zero-order valence-corrected chi connectivity index (χ0v) is 14.2. The average Bonchev–Trinajstić information content (AvgIpc) is 2.50. The number of carbonyl (C=O) groups excluding carboxylic acids is 1. The van der Waals surface area contributed by atoms with Crippen molar-refractivity contribution in [3.63, 3.8) is 0 Å². The number of carbonyl (C=O) groups is 1. The first kappa shape index (κ1) is 16.2. The molecule has 0 aliphatic rings. The molecule has 0 aromatic heterocycles. The van der Waals surface area contributed by atoms with Gasteiger partial charge in [-0.15, -0.1) is 0 Å². The summed E-state index contributed by atoms with van der Waals surface area (Å²) in [6.07, 6.45) is 0. The molecule has 0 atom stereocenters. The lowest BCUT2D eigenvalue weighted by molar-refractivity contribution is 0.262. The predicted molar refractivity (Wildman–Crippen MR) is 91.1 cm³/mol. The average molecular weight is 365 g/mol. The molecule has 2 aromatic carbocycles. The number of anilines is 2. The Balaban J connectivity index is 2.07. The summed E-state index contributed by atoms with van der Waals surface area (Å²) in [6.45, 7) is 1.96. The fraction of sp³-hybridized carbons (Fsp3) is 0.188. The quantitative estimate of drug-likeness (QED) is 0.843. The summed E-state index contributed by atoms with van der Waals surface area (Å²) in [4.78, 5) is 12.0. The Morgan fingerprint density at radius 3 is 2.14 bits per heavy atom. The molecule has 0 saturated carbocycles. The third kappa shape index (κ3) is 3.92. The molecule has 22 heavy (non-hydrogen) atoms. The second-order valence-electron chi connectivity index (χ2n) is 4.61. The Bertz CT molecular complexity index is 689. The molecule has 5 nitrogen and oxygen atoms in total. The fourth-order valence-electron chi connectivity index (χ4n) is 1.93. The smallest absolute Gasteiger partial charge is 0.323 e. The van der Waals surface area contributed by atoms with Gasteiger partial charge in [-0.2, -0.15) is 0 Å². The van der Waals surface area contributed by atoms with Gasteiger partial charge in [0.2, 0.25) is 0 Å². The molecule has 0 aliphatic carbocycles. The molecule has 2 amide bonds. The maximum Gasteiger partial charge on any atom is 0.323 e. The van der Waals surface area contributed by atoms with Crippen LogP contribution >= 0.6 is 15.9 Å². The van der Waals surface area contributed by atoms with E-state index in [1.54, 1.807) is 32.4 Å². The molecule has 0 radical (unpaired) electrons. The second-order valence-corrected chi connectivity index (χ2v) is 5.47. The molecule has 0 spiro atoms. The first-order chi connectivity index (χ1) is 10.5. The van der Waals surface area contributed by atoms with Crippen molar-refractivity contribution in [1.29, 1.82) is 0 Å². The van der Waals surface area contributed by atoms with Crippen LogP contribution in [0.2, 0.25) is 0 Å². The minimum Gasteiger partial charge on any atom is -0.493 e. The fourth-order valence-corrected chi connectivity index (χ4v) is 2.18. The largest absolute Gasteiger partial charge is 0.493 e. The van der Waals surface area contributed by atoms with Crippen LogP contribution in [0.1, 0.15) is 5.56 Å². The van der Waals surface area contributed by atoms with Crippen LogP contribution in [0, 0.1) is 6.92 Å². The van der Waals surface area contributed by atoms with E-state index in [1.165, 1.54) is 0 Å². The van der Waals surface area contributed by atoms with E-state index in [2.05, 4.69) is 26.6 Å². The summed E-state index contributed by atoms with van der Waals surface area (Å²) < 4.78 is 11.4. The van der Waals surface area contributed by atoms with Gasteiger partial charge in [0, 0.05) is 21.9 Å². The van der Waals surface area contributed by atoms with Crippen LogP contribution in [0.25, 0.3) is 0 Å². The lowest BCUT2D eigenvalue weighted by atomic mass is 10.2. The first-order valence-corrected chi connectivity index (χ1v) is 7.39. The highest BCUT2D eigenvalue weighted by Crippen LogP contribution is 2.29. The van der Waals surface area contributed by atoms with Crippen LogP contribution in [0.5, 0.6) is 11.5 Å². The normalized spacial score (nSPS) is 10.0. The van der Waals surface area contributed by atoms with E-state index in [4.69, 9.17) is 9.47 Å². The zero-order chi connectivity index (χ0) is 16.1. The van der Waals surface area contributed by atoms with E-state index in [0.29, 0.717) is 17.2 Å². The SMILES string of the molecule is COc1ccc(NC(=O)Nc2ccc(Br)c(C)c2)cc1OC. The van der Waals surface area contributed by atoms with Gasteiger partial charge in [-0.25, -0.2) is 4.79 Å². The van der Waals surface area contributed by atoms with Crippen LogP contribution in [0.15, 0.2) is 40.9 Å². The third-order valence-electron chi connectivity index (χ3n) is 3.06. The minimum absolute atomic E-state index is 0.325. The van der Waals surface area contributed by atoms with Gasteiger partial charge in [0.1, 0.15) is 0 Å². The third-order valence-corrected chi connectivity index (χ3v) is 3.95. The summed E-state index contributed by atoms with van der Waals surface area (Å²) in [5, 5.41) is 5.53. The van der Waals surface area contributed by atoms with Gasteiger partial charge in [-0.3, -0.25) is 0 Å². The lowest BCUT2D eigenvalue weighted by Crippen LogP contribution is -2.19. The van der Waals surface area contributed by atoms with Crippen LogP contribution in [0.3, 0.4) is 0 Å². The van der Waals surface area contributed by atoms with Gasteiger partial charge >= 0.3 is 6.03 Å². The standard InChI is InChI=1S/C16H17BrN2O3/c1-10-8-11(4-6-13(10)17)18-16(20)19-12-5-7-14(21-2)15(9-12)22-3/h4-9H,1-3H3,(H2,18,19,20). The number of urea groups is 1. The number of hydrogen-bond donors (Lipinski definition) is 2. The number of halogens is 1. The number of methoxy groups -OCH3 is 2. The van der Waals surface area contributed by atoms with Crippen LogP contribution in [-0.2, 0) is 0 Å². The molecule has 2 N–H and O–H groups in total. The van der Waals surface area contributed by atoms with E-state index >= 15 is 0 Å². The van der Waals surface area contributed by atoms with Crippen molar-refractivity contribution in [2.24, 2.45) is 0 Å². The molecule has 0 fully saturated rings. The molecule has 6 heteroatoms. The van der Waals surface area contributed by atoms with E-state index in [0.717, 1.165) is 15.7 Å². The van der Waals surface area contributed by atoms with E-state index in [1.807, 2.05) is 25.1 Å². The minimum atomic E-state index is -0.325. The van der Waals surface area contributed by atoms with Crippen molar-refractivity contribution in [2.45, 2.75) is 6.92 Å². The molecule has 0 unspecified atom stereocenters. The van der Waals surface area contributed by atoms with Crippen molar-refractivity contribution >= 4 is 33.3 Å². The Kier molecular flexibility index (Phi) is 5.27. The highest BCUT2D eigenvalue weighted by atomic mass is 79.9. The predicted octanol–water partition coefficient (Wildman–Crippen LogP) is 4.42. The second kappa shape index (κ2) is 7.17. The van der Waals surface area contributed by atoms with Crippen molar-refractivity contribution in [3.8, 4) is 11.5 Å². The number of nitrogens with one attached hydrogen (secondary N) is 2. The highest BCUT2D eigenvalue weighted by Gasteiger charge is 2.08. The van der Waals surface area contributed by atoms with Crippen LogP contribution < -0.4 is 20.1 Å². The molecule has 2 rings (SSSR count). The maximum atomic E-state index is 12.0. The van der Waals surface area contributed by atoms with Gasteiger partial charge in [0.25, 0.3) is 0 Å². The summed E-state index contributed by atoms with van der Waals surface area (Å²) in [5.41, 5.74) is 2.38. The first-order valence-electron chi connectivity index (χ1n) is 6.59. The summed E-state index contributed by atoms with van der Waals surface area (Å²) in [6, 6.07) is 10.5. The summed E-state index contributed by atoms with van der Waals surface area (Å²) >= 11 is 3.42. The zero-order valence-electron chi connectivity index (χ0n) is 12.6. The van der Waals surface area contributed by atoms with Crippen molar-refractivity contribution in [3.05, 3.63) is 46.4 Å². The van der Waals surface area contributed by atoms with E-state index < -0.39 is 0 Å². The topological polar surface area (TPSA) is 59.6 Å². The number of benzene rings is 2. The molecule has 0 aliphatic heterocycles. The Labute approximate surface area is 137 Å². The van der Waals surface area contributed by atoms with Gasteiger partial charge in [-0.05, 0) is 42.8 Å². The van der Waals surface area contributed by atoms with Crippen molar-refractivity contribution < 1.29 is 14.3 Å². The number of aryl methyl sites for hydroxylation is 1. The number of ether oxygens (including phenoxy) is 2. The van der Waals surface area contributed by atoms with Gasteiger partial charge in [0.15, 0.2) is 11.5 Å². The molecule has 0 saturated heterocycles. The number of hydrogen-bond acceptors (Lipinski definition) is 3. The molecular weight excluding hydrogens is 348 g/mol. The summed E-state index contributed by atoms with van der Waals surface area (Å²) in [7, 11) is 3.11. The van der Waals surface area contributed by atoms with Crippen LogP contribution in [0.4, 0.5) is 16.2 Å². The van der Waals surface area contributed by atoms with Crippen molar-refractivity contribution in [1.82, 2.24) is 0 Å². The monoisotopic (exact) mass is 364 g/mol.